The number of aromatic hydroxyl groups is 1. The van der Waals surface area contributed by atoms with Gasteiger partial charge in [0.1, 0.15) is 11.8 Å². The van der Waals surface area contributed by atoms with Crippen LogP contribution in [0, 0.1) is 0 Å². The van der Waals surface area contributed by atoms with Crippen LogP contribution in [0.4, 0.5) is 0 Å². The maximum absolute atomic E-state index is 11.1. The summed E-state index contributed by atoms with van der Waals surface area (Å²) in [4.78, 5) is 11.1. The van der Waals surface area contributed by atoms with E-state index in [1.807, 2.05) is 6.92 Å². The number of hydrogen-bond donors (Lipinski definition) is 3. The zero-order valence-corrected chi connectivity index (χ0v) is 9.47. The number of nitrogens with one attached hydrogen (secondary N) is 1. The molecule has 1 rings (SSSR count). The zero-order chi connectivity index (χ0) is 12.1. The van der Waals surface area contributed by atoms with Gasteiger partial charge >= 0.3 is 5.97 Å². The Morgan fingerprint density at radius 1 is 1.38 bits per heavy atom. The molecule has 0 aliphatic rings. The molecule has 0 saturated carbocycles. The molecule has 0 aliphatic heterocycles. The lowest BCUT2D eigenvalue weighted by molar-refractivity contribution is -0.140. The predicted octanol–water partition coefficient (Wildman–Crippen LogP) is 1.56. The van der Waals surface area contributed by atoms with Crippen LogP contribution in [-0.4, -0.2) is 29.3 Å². The number of carboxylic acids is 1. The average molecular weight is 223 g/mol. The maximum atomic E-state index is 11.1. The van der Waals surface area contributed by atoms with Gasteiger partial charge in [0.15, 0.2) is 0 Å². The lowest BCUT2D eigenvalue weighted by Crippen LogP contribution is -2.39. The van der Waals surface area contributed by atoms with Gasteiger partial charge in [-0.3, -0.25) is 4.79 Å². The van der Waals surface area contributed by atoms with Crippen LogP contribution in [-0.2, 0) is 4.79 Å². The van der Waals surface area contributed by atoms with Crippen molar-refractivity contribution in [3.05, 3.63) is 29.8 Å². The van der Waals surface area contributed by atoms with Gasteiger partial charge in [0.05, 0.1) is 0 Å². The zero-order valence-electron chi connectivity index (χ0n) is 9.47. The van der Waals surface area contributed by atoms with E-state index in [-0.39, 0.29) is 11.7 Å². The monoisotopic (exact) mass is 223 g/mol. The quantitative estimate of drug-likeness (QED) is 0.708. The van der Waals surface area contributed by atoms with Crippen molar-refractivity contribution in [2.75, 3.05) is 7.05 Å². The van der Waals surface area contributed by atoms with Crippen LogP contribution in [0.2, 0.25) is 0 Å². The maximum Gasteiger partial charge on any atom is 0.321 e. The fourth-order valence-corrected chi connectivity index (χ4v) is 1.88. The number of phenolic OH excluding ortho intramolecular Hbond substituents is 1. The second-order valence-electron chi connectivity index (χ2n) is 3.71. The van der Waals surface area contributed by atoms with E-state index in [1.54, 1.807) is 31.3 Å². The van der Waals surface area contributed by atoms with E-state index in [0.717, 1.165) is 12.0 Å². The van der Waals surface area contributed by atoms with E-state index in [2.05, 4.69) is 5.32 Å². The fourth-order valence-electron chi connectivity index (χ4n) is 1.88. The molecule has 4 nitrogen and oxygen atoms in total. The van der Waals surface area contributed by atoms with Crippen molar-refractivity contribution in [1.29, 1.82) is 0 Å². The molecule has 2 atom stereocenters. The van der Waals surface area contributed by atoms with Gasteiger partial charge in [-0.1, -0.05) is 19.1 Å². The van der Waals surface area contributed by atoms with Crippen LogP contribution in [0.1, 0.15) is 24.8 Å². The van der Waals surface area contributed by atoms with Gasteiger partial charge in [-0.15, -0.1) is 0 Å². The summed E-state index contributed by atoms with van der Waals surface area (Å²) < 4.78 is 0. The molecule has 16 heavy (non-hydrogen) atoms. The Balaban J connectivity index is 2.96. The minimum Gasteiger partial charge on any atom is -0.508 e. The Labute approximate surface area is 94.9 Å². The van der Waals surface area contributed by atoms with Gasteiger partial charge in [0, 0.05) is 5.92 Å². The summed E-state index contributed by atoms with van der Waals surface area (Å²) in [5.74, 6) is -0.763. The number of carboxylic acid groups (broad SMARTS) is 1. The molecule has 2 unspecified atom stereocenters. The standard InChI is InChI=1S/C12H17NO3/c1-3-10(11(13-2)12(15)16)8-4-6-9(14)7-5-8/h4-7,10-11,13-14H,3H2,1-2H3,(H,15,16). The van der Waals surface area contributed by atoms with Gasteiger partial charge in [-0.25, -0.2) is 0 Å². The van der Waals surface area contributed by atoms with Gasteiger partial charge in [-0.05, 0) is 31.2 Å². The fraction of sp³-hybridized carbons (Fsp3) is 0.417. The van der Waals surface area contributed by atoms with E-state index < -0.39 is 12.0 Å². The Morgan fingerprint density at radius 2 is 1.94 bits per heavy atom. The molecule has 88 valence electrons. The summed E-state index contributed by atoms with van der Waals surface area (Å²) in [5, 5.41) is 21.1. The van der Waals surface area contributed by atoms with E-state index >= 15 is 0 Å². The van der Waals surface area contributed by atoms with E-state index in [9.17, 15) is 9.90 Å². The van der Waals surface area contributed by atoms with Crippen LogP contribution in [0.3, 0.4) is 0 Å². The summed E-state index contributed by atoms with van der Waals surface area (Å²) in [7, 11) is 1.64. The van der Waals surface area contributed by atoms with Crippen molar-refractivity contribution in [1.82, 2.24) is 5.32 Å². The van der Waals surface area contributed by atoms with E-state index in [1.165, 1.54) is 0 Å². The summed E-state index contributed by atoms with van der Waals surface area (Å²) >= 11 is 0. The van der Waals surface area contributed by atoms with Crippen molar-refractivity contribution in [3.8, 4) is 5.75 Å². The second kappa shape index (κ2) is 5.51. The first kappa shape index (κ1) is 12.5. The average Bonchev–Trinajstić information content (AvgIpc) is 2.26. The highest BCUT2D eigenvalue weighted by atomic mass is 16.4. The number of benzene rings is 1. The first-order chi connectivity index (χ1) is 7.60. The Hall–Kier alpha value is -1.55. The van der Waals surface area contributed by atoms with Gasteiger partial charge < -0.3 is 15.5 Å². The molecule has 0 bridgehead atoms. The molecule has 4 heteroatoms. The van der Waals surface area contributed by atoms with Gasteiger partial charge in [-0.2, -0.15) is 0 Å². The van der Waals surface area contributed by atoms with Gasteiger partial charge in [0.2, 0.25) is 0 Å². The third kappa shape index (κ3) is 2.73. The highest BCUT2D eigenvalue weighted by Gasteiger charge is 2.26. The minimum atomic E-state index is -0.859. The largest absolute Gasteiger partial charge is 0.508 e. The van der Waals surface area contributed by atoms with Crippen LogP contribution >= 0.6 is 0 Å². The molecular formula is C12H17NO3. The molecule has 0 fully saturated rings. The Kier molecular flexibility index (Phi) is 4.31. The minimum absolute atomic E-state index is 0.0944. The number of carbonyl (C=O) groups is 1. The number of rotatable bonds is 5. The van der Waals surface area contributed by atoms with Crippen LogP contribution < -0.4 is 5.32 Å². The topological polar surface area (TPSA) is 69.6 Å². The molecule has 1 aromatic rings. The molecule has 0 heterocycles. The van der Waals surface area contributed by atoms with E-state index in [4.69, 9.17) is 5.11 Å². The lowest BCUT2D eigenvalue weighted by atomic mass is 9.89. The third-order valence-electron chi connectivity index (χ3n) is 2.74. The van der Waals surface area contributed by atoms with Crippen LogP contribution in [0.15, 0.2) is 24.3 Å². The highest BCUT2D eigenvalue weighted by Crippen LogP contribution is 2.25. The van der Waals surface area contributed by atoms with Gasteiger partial charge in [0.25, 0.3) is 0 Å². The first-order valence-electron chi connectivity index (χ1n) is 5.29. The summed E-state index contributed by atoms with van der Waals surface area (Å²) in [6, 6.07) is 6.07. The highest BCUT2D eigenvalue weighted by molar-refractivity contribution is 5.75. The molecule has 0 saturated heterocycles. The smallest absolute Gasteiger partial charge is 0.321 e. The third-order valence-corrected chi connectivity index (χ3v) is 2.74. The molecule has 3 N–H and O–H groups in total. The number of phenols is 1. The molecule has 0 spiro atoms. The van der Waals surface area contributed by atoms with Crippen molar-refractivity contribution in [2.45, 2.75) is 25.3 Å². The first-order valence-corrected chi connectivity index (χ1v) is 5.29. The number of aliphatic carboxylic acids is 1. The second-order valence-corrected chi connectivity index (χ2v) is 3.71. The van der Waals surface area contributed by atoms with Crippen LogP contribution in [0.25, 0.3) is 0 Å². The molecule has 1 aromatic carbocycles. The molecule has 0 aliphatic carbocycles. The van der Waals surface area contributed by atoms with Crippen molar-refractivity contribution in [2.24, 2.45) is 0 Å². The SMILES string of the molecule is CCC(c1ccc(O)cc1)C(NC)C(=O)O. The van der Waals surface area contributed by atoms with Crippen molar-refractivity contribution < 1.29 is 15.0 Å². The van der Waals surface area contributed by atoms with Crippen molar-refractivity contribution in [3.63, 3.8) is 0 Å². The number of hydrogen-bond acceptors (Lipinski definition) is 3. The normalized spacial score (nSPS) is 14.4. The molecule has 0 amide bonds. The molecule has 0 aromatic heterocycles. The summed E-state index contributed by atoms with van der Waals surface area (Å²) in [5.41, 5.74) is 0.919. The lowest BCUT2D eigenvalue weighted by Gasteiger charge is -2.22. The summed E-state index contributed by atoms with van der Waals surface area (Å²) in [6.45, 7) is 1.95. The predicted molar refractivity (Wildman–Crippen MR) is 61.6 cm³/mol. The number of likely N-dealkylation sites (N-methyl/N-ethyl adjacent to an activating group) is 1. The van der Waals surface area contributed by atoms with Crippen molar-refractivity contribution >= 4 is 5.97 Å². The molecular weight excluding hydrogens is 206 g/mol. The van der Waals surface area contributed by atoms with E-state index in [0.29, 0.717) is 0 Å². The molecule has 0 radical (unpaired) electrons. The van der Waals surface area contributed by atoms with Crippen LogP contribution in [0.5, 0.6) is 5.75 Å². The Morgan fingerprint density at radius 3 is 2.31 bits per heavy atom. The Bertz CT molecular complexity index is 348. The summed E-state index contributed by atoms with van der Waals surface area (Å²) in [6.07, 6.45) is 0.725.